The van der Waals surface area contributed by atoms with Gasteiger partial charge < -0.3 is 8.83 Å². The number of benzene rings is 2. The van der Waals surface area contributed by atoms with Crippen LogP contribution in [0, 0.1) is 5.92 Å². The summed E-state index contributed by atoms with van der Waals surface area (Å²) in [6.45, 7) is 5.75. The second kappa shape index (κ2) is 9.38. The van der Waals surface area contributed by atoms with E-state index in [1.165, 1.54) is 24.3 Å². The van der Waals surface area contributed by atoms with Crippen LogP contribution in [0.15, 0.2) is 68.9 Å². The molecule has 0 aliphatic heterocycles. The molecule has 0 spiro atoms. The second-order valence-electron chi connectivity index (χ2n) is 15.2. The number of ketones is 6. The van der Waals surface area contributed by atoms with E-state index in [0.717, 1.165) is 66.3 Å². The van der Waals surface area contributed by atoms with Crippen LogP contribution in [0.25, 0.3) is 0 Å². The summed E-state index contributed by atoms with van der Waals surface area (Å²) in [6.07, 6.45) is 10.7. The molecule has 4 aromatic rings. The molecule has 6 aliphatic rings. The summed E-state index contributed by atoms with van der Waals surface area (Å²) >= 11 is 0. The van der Waals surface area contributed by atoms with Gasteiger partial charge in [0.05, 0.1) is 12.5 Å². The van der Waals surface area contributed by atoms with Crippen molar-refractivity contribution in [1.29, 1.82) is 0 Å². The molecular formula is C42H30O8. The molecule has 2 heterocycles. The van der Waals surface area contributed by atoms with E-state index in [2.05, 4.69) is 13.8 Å². The van der Waals surface area contributed by atoms with Crippen molar-refractivity contribution in [3.63, 3.8) is 0 Å². The average molecular weight is 663 g/mol. The van der Waals surface area contributed by atoms with Crippen LogP contribution in [0.4, 0.5) is 0 Å². The summed E-state index contributed by atoms with van der Waals surface area (Å²) in [6, 6.07) is 6.41. The molecule has 0 amide bonds. The van der Waals surface area contributed by atoms with Gasteiger partial charge in [0.15, 0.2) is 34.7 Å². The third-order valence-corrected chi connectivity index (χ3v) is 12.5. The first kappa shape index (κ1) is 29.4. The van der Waals surface area contributed by atoms with E-state index >= 15 is 0 Å². The van der Waals surface area contributed by atoms with Crippen molar-refractivity contribution < 1.29 is 37.6 Å². The van der Waals surface area contributed by atoms with Crippen LogP contribution in [0.2, 0.25) is 0 Å². The van der Waals surface area contributed by atoms with Gasteiger partial charge in [-0.2, -0.15) is 0 Å². The van der Waals surface area contributed by atoms with E-state index in [0.29, 0.717) is 22.5 Å². The Kier molecular flexibility index (Phi) is 5.52. The van der Waals surface area contributed by atoms with Crippen LogP contribution in [0.5, 0.6) is 0 Å². The number of hydrogen-bond donors (Lipinski definition) is 0. The van der Waals surface area contributed by atoms with Crippen molar-refractivity contribution in [2.24, 2.45) is 5.92 Å². The Hall–Kier alpha value is -5.50. The van der Waals surface area contributed by atoms with Gasteiger partial charge in [-0.3, -0.25) is 28.8 Å². The van der Waals surface area contributed by atoms with Crippen LogP contribution in [0.1, 0.15) is 154 Å². The van der Waals surface area contributed by atoms with Gasteiger partial charge in [-0.05, 0) is 97.2 Å². The van der Waals surface area contributed by atoms with Gasteiger partial charge in [-0.15, -0.1) is 0 Å². The van der Waals surface area contributed by atoms with Crippen molar-refractivity contribution in [3.8, 4) is 0 Å². The summed E-state index contributed by atoms with van der Waals surface area (Å²) in [4.78, 5) is 83.3. The molecule has 50 heavy (non-hydrogen) atoms. The number of rotatable bonds is 2. The molecule has 8 heteroatoms. The minimum Gasteiger partial charge on any atom is -0.460 e. The molecule has 0 saturated heterocycles. The lowest BCUT2D eigenvalue weighted by Gasteiger charge is -2.39. The maximum atomic E-state index is 14.3. The molecular weight excluding hydrogens is 632 g/mol. The van der Waals surface area contributed by atoms with Crippen molar-refractivity contribution in [2.75, 3.05) is 0 Å². The summed E-state index contributed by atoms with van der Waals surface area (Å²) < 4.78 is 11.5. The van der Waals surface area contributed by atoms with E-state index < -0.39 is 39.9 Å². The minimum atomic E-state index is -0.902. The Morgan fingerprint density at radius 1 is 0.560 bits per heavy atom. The fourth-order valence-corrected chi connectivity index (χ4v) is 9.96. The topological polar surface area (TPSA) is 129 Å². The highest BCUT2D eigenvalue weighted by molar-refractivity contribution is 6.29. The largest absolute Gasteiger partial charge is 0.460 e. The second-order valence-corrected chi connectivity index (χ2v) is 15.2. The molecule has 10 rings (SSSR count). The molecule has 2 aromatic heterocycles. The summed E-state index contributed by atoms with van der Waals surface area (Å²) in [5.74, 6) is -2.69. The molecule has 0 N–H and O–H groups in total. The SMILES string of the molecule is CC(C1=CC(=O)c2cc3c(cc2C1=O)C(=O)c1occ2c1C3(C)CCC2)C1=CC(=O)c2cc3c(cc2C1=O)C1(C)CCCc2coc(c21)C3=O. The maximum Gasteiger partial charge on any atom is 0.228 e. The minimum absolute atomic E-state index is 0.0754. The fourth-order valence-electron chi connectivity index (χ4n) is 9.96. The third-order valence-electron chi connectivity index (χ3n) is 12.5. The van der Waals surface area contributed by atoms with Crippen LogP contribution < -0.4 is 0 Å². The first-order valence-corrected chi connectivity index (χ1v) is 17.2. The van der Waals surface area contributed by atoms with Crippen molar-refractivity contribution in [2.45, 2.75) is 70.1 Å². The van der Waals surface area contributed by atoms with E-state index in [9.17, 15) is 28.8 Å². The number of allylic oxidation sites excluding steroid dienone is 4. The van der Waals surface area contributed by atoms with Gasteiger partial charge >= 0.3 is 0 Å². The number of fused-ring (bicyclic) bond motifs is 6. The molecule has 0 fully saturated rings. The Bertz CT molecular complexity index is 2490. The van der Waals surface area contributed by atoms with Gasteiger partial charge in [0, 0.05) is 72.4 Å². The van der Waals surface area contributed by atoms with Crippen molar-refractivity contribution in [3.05, 3.63) is 138 Å². The monoisotopic (exact) mass is 662 g/mol. The highest BCUT2D eigenvalue weighted by atomic mass is 16.3. The highest BCUT2D eigenvalue weighted by Crippen LogP contribution is 2.52. The zero-order valence-electron chi connectivity index (χ0n) is 27.7. The zero-order chi connectivity index (χ0) is 34.6. The van der Waals surface area contributed by atoms with E-state index in [-0.39, 0.29) is 50.7 Å². The number of Topliss-reactive ketones (excluding diaryl/α,β-unsaturated/α-hetero) is 2. The highest BCUT2D eigenvalue weighted by Gasteiger charge is 2.49. The Labute approximate surface area is 286 Å². The quantitative estimate of drug-likeness (QED) is 0.221. The first-order chi connectivity index (χ1) is 23.9. The van der Waals surface area contributed by atoms with E-state index in [1.807, 2.05) is 0 Å². The maximum absolute atomic E-state index is 14.3. The molecule has 246 valence electrons. The Morgan fingerprint density at radius 2 is 0.980 bits per heavy atom. The van der Waals surface area contributed by atoms with Gasteiger partial charge in [0.1, 0.15) is 0 Å². The number of aryl methyl sites for hydroxylation is 2. The molecule has 0 saturated carbocycles. The van der Waals surface area contributed by atoms with Crippen LogP contribution in [0.3, 0.4) is 0 Å². The Balaban J connectivity index is 1.04. The zero-order valence-corrected chi connectivity index (χ0v) is 27.7. The number of carbonyl (C=O) groups is 6. The standard InChI is InChI=1S/C42H30O8/c1-18(21-15-32(44)24-12-29-28(11-25(24)35(21)45)38(48)40-33-19(16-50-40)6-4-8-41(29,33)2)22-14-31(43)23-10-27-30(13-26(23)36(22)46)42(3)9-5-7-20-17-49-39(34(20)42)37(27)47/h10-18H,4-9H2,1-3H3. The number of furan rings is 2. The molecule has 3 atom stereocenters. The van der Waals surface area contributed by atoms with Crippen LogP contribution in [-0.2, 0) is 23.7 Å². The van der Waals surface area contributed by atoms with E-state index in [1.54, 1.807) is 31.6 Å². The molecule has 0 bridgehead atoms. The smallest absolute Gasteiger partial charge is 0.228 e. The van der Waals surface area contributed by atoms with Crippen molar-refractivity contribution in [1.82, 2.24) is 0 Å². The lowest BCUT2D eigenvalue weighted by atomic mass is 9.62. The van der Waals surface area contributed by atoms with Crippen LogP contribution >= 0.6 is 0 Å². The van der Waals surface area contributed by atoms with Crippen molar-refractivity contribution >= 4 is 34.7 Å². The summed E-state index contributed by atoms with van der Waals surface area (Å²) in [5, 5.41) is 0. The molecule has 3 unspecified atom stereocenters. The first-order valence-electron chi connectivity index (χ1n) is 17.2. The van der Waals surface area contributed by atoms with Gasteiger partial charge in [-0.1, -0.05) is 20.8 Å². The summed E-state index contributed by atoms with van der Waals surface area (Å²) in [7, 11) is 0. The average Bonchev–Trinajstić information content (AvgIpc) is 3.76. The van der Waals surface area contributed by atoms with E-state index in [4.69, 9.17) is 8.83 Å². The molecule has 8 nitrogen and oxygen atoms in total. The number of hydrogen-bond acceptors (Lipinski definition) is 8. The third kappa shape index (κ3) is 3.41. The van der Waals surface area contributed by atoms with Gasteiger partial charge in [0.2, 0.25) is 11.6 Å². The normalized spacial score (nSPS) is 24.8. The van der Waals surface area contributed by atoms with Gasteiger partial charge in [-0.25, -0.2) is 0 Å². The predicted octanol–water partition coefficient (Wildman–Crippen LogP) is 7.19. The Morgan fingerprint density at radius 3 is 1.48 bits per heavy atom. The molecule has 0 radical (unpaired) electrons. The molecule has 2 aromatic carbocycles. The van der Waals surface area contributed by atoms with Crippen LogP contribution in [-0.4, -0.2) is 34.7 Å². The number of carbonyl (C=O) groups excluding carboxylic acids is 6. The molecule has 6 aliphatic carbocycles. The summed E-state index contributed by atoms with van der Waals surface area (Å²) in [5.41, 5.74) is 5.53. The van der Waals surface area contributed by atoms with Gasteiger partial charge in [0.25, 0.3) is 0 Å². The predicted molar refractivity (Wildman–Crippen MR) is 179 cm³/mol. The lowest BCUT2D eigenvalue weighted by molar-refractivity contribution is 0.0958. The fraction of sp³-hybridized carbons (Fsp3) is 0.286. The lowest BCUT2D eigenvalue weighted by Crippen LogP contribution is -2.37.